The van der Waals surface area contributed by atoms with E-state index in [0.717, 1.165) is 6.54 Å². The van der Waals surface area contributed by atoms with Crippen molar-refractivity contribution in [3.8, 4) is 0 Å². The molecule has 0 unspecified atom stereocenters. The fraction of sp³-hybridized carbons (Fsp3) is 0.625. The lowest BCUT2D eigenvalue weighted by Gasteiger charge is -2.05. The second kappa shape index (κ2) is 1.98. The van der Waals surface area contributed by atoms with E-state index in [1.807, 2.05) is 0 Å². The lowest BCUT2D eigenvalue weighted by atomic mass is 10.1. The third-order valence-corrected chi connectivity index (χ3v) is 2.17. The molecule has 0 saturated heterocycles. The maximum absolute atomic E-state index is 4.24. The van der Waals surface area contributed by atoms with E-state index >= 15 is 0 Å². The second-order valence-corrected chi connectivity index (χ2v) is 2.77. The average molecular weight is 121 g/mol. The predicted molar refractivity (Wildman–Crippen MR) is 38.9 cm³/mol. The molecule has 0 atom stereocenters. The molecular formula is C8H11N. The normalized spacial score (nSPS) is 24.9. The second-order valence-electron chi connectivity index (χ2n) is 2.77. The van der Waals surface area contributed by atoms with Gasteiger partial charge in [0.1, 0.15) is 0 Å². The fourth-order valence-electron chi connectivity index (χ4n) is 1.65. The zero-order valence-electron chi connectivity index (χ0n) is 5.56. The quantitative estimate of drug-likeness (QED) is 0.464. The summed E-state index contributed by atoms with van der Waals surface area (Å²) in [5.41, 5.74) is 3.23. The molecular weight excluding hydrogens is 110 g/mol. The summed E-state index contributed by atoms with van der Waals surface area (Å²) in [6.07, 6.45) is 7.33. The maximum atomic E-state index is 4.24. The maximum Gasteiger partial charge on any atom is 0.0426 e. The van der Waals surface area contributed by atoms with Crippen LogP contribution in [0.2, 0.25) is 0 Å². The molecule has 1 aliphatic heterocycles. The van der Waals surface area contributed by atoms with E-state index < -0.39 is 0 Å². The van der Waals surface area contributed by atoms with E-state index in [1.165, 1.54) is 25.7 Å². The Kier molecular flexibility index (Phi) is 1.15. The number of rotatable bonds is 0. The van der Waals surface area contributed by atoms with Crippen molar-refractivity contribution < 1.29 is 0 Å². The number of hydrogen-bond donors (Lipinski definition) is 0. The van der Waals surface area contributed by atoms with Crippen LogP contribution in [0.15, 0.2) is 16.1 Å². The van der Waals surface area contributed by atoms with Crippen molar-refractivity contribution >= 4 is 6.21 Å². The van der Waals surface area contributed by atoms with E-state index in [-0.39, 0.29) is 0 Å². The van der Waals surface area contributed by atoms with E-state index in [1.54, 1.807) is 11.1 Å². The summed E-state index contributed by atoms with van der Waals surface area (Å²) < 4.78 is 0. The fourth-order valence-corrected chi connectivity index (χ4v) is 1.65. The molecule has 0 bridgehead atoms. The topological polar surface area (TPSA) is 12.4 Å². The molecule has 0 spiro atoms. The van der Waals surface area contributed by atoms with Crippen LogP contribution < -0.4 is 0 Å². The van der Waals surface area contributed by atoms with Gasteiger partial charge in [-0.2, -0.15) is 0 Å². The van der Waals surface area contributed by atoms with Gasteiger partial charge in [-0.1, -0.05) is 5.57 Å². The van der Waals surface area contributed by atoms with Crippen LogP contribution in [0.25, 0.3) is 0 Å². The van der Waals surface area contributed by atoms with Gasteiger partial charge < -0.3 is 0 Å². The van der Waals surface area contributed by atoms with Gasteiger partial charge in [-0.15, -0.1) is 0 Å². The lowest BCUT2D eigenvalue weighted by Crippen LogP contribution is -1.95. The highest BCUT2D eigenvalue weighted by Crippen LogP contribution is 2.28. The first kappa shape index (κ1) is 5.21. The van der Waals surface area contributed by atoms with Crippen LogP contribution in [0.3, 0.4) is 0 Å². The van der Waals surface area contributed by atoms with Crippen LogP contribution in [-0.2, 0) is 0 Å². The molecule has 2 aliphatic rings. The highest BCUT2D eigenvalue weighted by molar-refractivity contribution is 5.81. The predicted octanol–water partition coefficient (Wildman–Crippen LogP) is 1.94. The Morgan fingerprint density at radius 3 is 3.11 bits per heavy atom. The monoisotopic (exact) mass is 121 g/mol. The van der Waals surface area contributed by atoms with Crippen molar-refractivity contribution in [1.82, 2.24) is 0 Å². The van der Waals surface area contributed by atoms with Crippen LogP contribution >= 0.6 is 0 Å². The van der Waals surface area contributed by atoms with Gasteiger partial charge in [0.15, 0.2) is 0 Å². The van der Waals surface area contributed by atoms with Crippen molar-refractivity contribution in [3.63, 3.8) is 0 Å². The van der Waals surface area contributed by atoms with Gasteiger partial charge in [-0.25, -0.2) is 0 Å². The SMILES string of the molecule is C1=NCCC2=C1CCC2. The van der Waals surface area contributed by atoms with Crippen LogP contribution in [0, 0.1) is 0 Å². The zero-order valence-corrected chi connectivity index (χ0v) is 5.56. The van der Waals surface area contributed by atoms with E-state index in [9.17, 15) is 0 Å². The van der Waals surface area contributed by atoms with Gasteiger partial charge in [0.25, 0.3) is 0 Å². The summed E-state index contributed by atoms with van der Waals surface area (Å²) in [7, 11) is 0. The molecule has 0 amide bonds. The third-order valence-electron chi connectivity index (χ3n) is 2.17. The van der Waals surface area contributed by atoms with Crippen molar-refractivity contribution in [2.24, 2.45) is 4.99 Å². The summed E-state index contributed by atoms with van der Waals surface area (Å²) in [4.78, 5) is 4.24. The van der Waals surface area contributed by atoms with Gasteiger partial charge in [-0.05, 0) is 31.3 Å². The van der Waals surface area contributed by atoms with Gasteiger partial charge in [-0.3, -0.25) is 4.99 Å². The molecule has 0 aromatic rings. The summed E-state index contributed by atoms with van der Waals surface area (Å²) in [6, 6.07) is 0. The molecule has 2 rings (SSSR count). The molecule has 1 nitrogen and oxygen atoms in total. The number of hydrogen-bond acceptors (Lipinski definition) is 1. The number of dihydropyridines is 1. The number of aliphatic imine (C=N–C) groups is 1. The Hall–Kier alpha value is -0.590. The molecule has 1 heterocycles. The average Bonchev–Trinajstić information content (AvgIpc) is 2.33. The Morgan fingerprint density at radius 2 is 2.22 bits per heavy atom. The first-order valence-corrected chi connectivity index (χ1v) is 3.67. The molecule has 1 aliphatic carbocycles. The van der Waals surface area contributed by atoms with Crippen LogP contribution in [0.4, 0.5) is 0 Å². The zero-order chi connectivity index (χ0) is 6.10. The minimum atomic E-state index is 1.04. The lowest BCUT2D eigenvalue weighted by molar-refractivity contribution is 0.854. The molecule has 0 aromatic carbocycles. The molecule has 0 aromatic heterocycles. The minimum Gasteiger partial charge on any atom is -0.293 e. The van der Waals surface area contributed by atoms with Crippen LogP contribution in [-0.4, -0.2) is 12.8 Å². The van der Waals surface area contributed by atoms with E-state index in [4.69, 9.17) is 0 Å². The largest absolute Gasteiger partial charge is 0.293 e. The van der Waals surface area contributed by atoms with E-state index in [0.29, 0.717) is 0 Å². The van der Waals surface area contributed by atoms with Crippen molar-refractivity contribution in [2.45, 2.75) is 25.7 Å². The first-order valence-electron chi connectivity index (χ1n) is 3.67. The van der Waals surface area contributed by atoms with Crippen molar-refractivity contribution in [2.75, 3.05) is 6.54 Å². The molecule has 0 radical (unpaired) electrons. The highest BCUT2D eigenvalue weighted by Gasteiger charge is 2.14. The number of allylic oxidation sites excluding steroid dienone is 1. The van der Waals surface area contributed by atoms with Crippen molar-refractivity contribution in [1.29, 1.82) is 0 Å². The third kappa shape index (κ3) is 0.805. The summed E-state index contributed by atoms with van der Waals surface area (Å²) in [5.74, 6) is 0. The van der Waals surface area contributed by atoms with Gasteiger partial charge >= 0.3 is 0 Å². The van der Waals surface area contributed by atoms with Gasteiger partial charge in [0.2, 0.25) is 0 Å². The van der Waals surface area contributed by atoms with Gasteiger partial charge in [0, 0.05) is 12.8 Å². The Labute approximate surface area is 55.5 Å². The Morgan fingerprint density at radius 1 is 1.22 bits per heavy atom. The molecule has 0 N–H and O–H groups in total. The Balaban J connectivity index is 2.28. The smallest absolute Gasteiger partial charge is 0.0426 e. The van der Waals surface area contributed by atoms with Crippen molar-refractivity contribution in [3.05, 3.63) is 11.1 Å². The molecule has 48 valence electrons. The number of nitrogens with zero attached hydrogens (tertiary/aromatic N) is 1. The summed E-state index contributed by atoms with van der Waals surface area (Å²) >= 11 is 0. The molecule has 0 saturated carbocycles. The summed E-state index contributed by atoms with van der Waals surface area (Å²) in [6.45, 7) is 1.04. The highest BCUT2D eigenvalue weighted by atomic mass is 14.7. The van der Waals surface area contributed by atoms with E-state index in [2.05, 4.69) is 11.2 Å². The standard InChI is InChI=1S/C8H11N/c1-2-7-4-5-9-6-8(7)3-1/h6H,1-5H2. The molecule has 1 heteroatoms. The molecule has 0 fully saturated rings. The Bertz CT molecular complexity index is 177. The minimum absolute atomic E-state index is 1.04. The van der Waals surface area contributed by atoms with Crippen LogP contribution in [0.5, 0.6) is 0 Å². The van der Waals surface area contributed by atoms with Gasteiger partial charge in [0.05, 0.1) is 0 Å². The summed E-state index contributed by atoms with van der Waals surface area (Å²) in [5, 5.41) is 0. The van der Waals surface area contributed by atoms with Crippen LogP contribution in [0.1, 0.15) is 25.7 Å². The first-order chi connectivity index (χ1) is 4.47. The molecule has 9 heavy (non-hydrogen) atoms.